The topological polar surface area (TPSA) is 42.4 Å². The Labute approximate surface area is 192 Å². The molecule has 1 aliphatic rings. The summed E-state index contributed by atoms with van der Waals surface area (Å²) in [7, 11) is 0. The second-order valence-corrected chi connectivity index (χ2v) is 9.19. The maximum atomic E-state index is 13.8. The zero-order valence-corrected chi connectivity index (χ0v) is 18.7. The van der Waals surface area contributed by atoms with Crippen LogP contribution in [0.2, 0.25) is 0 Å². The minimum atomic E-state index is -0.00808. The van der Waals surface area contributed by atoms with E-state index in [0.29, 0.717) is 13.0 Å². The summed E-state index contributed by atoms with van der Waals surface area (Å²) in [4.78, 5) is 20.5. The summed E-state index contributed by atoms with van der Waals surface area (Å²) < 4.78 is 6.98. The SMILES string of the molecule is O=C(CC(c1ccccc1)c1ccccc1)N(CC1CCCO1)c1nc2ccccc2s1. The fourth-order valence-corrected chi connectivity index (χ4v) is 5.33. The molecule has 1 aromatic heterocycles. The third kappa shape index (κ3) is 4.59. The number of amides is 1. The Morgan fingerprint density at radius 3 is 2.25 bits per heavy atom. The molecule has 1 fully saturated rings. The van der Waals surface area contributed by atoms with Gasteiger partial charge in [0.1, 0.15) is 0 Å². The van der Waals surface area contributed by atoms with Gasteiger partial charge >= 0.3 is 0 Å². The van der Waals surface area contributed by atoms with Gasteiger partial charge in [-0.15, -0.1) is 0 Å². The van der Waals surface area contributed by atoms with E-state index in [1.54, 1.807) is 11.3 Å². The van der Waals surface area contributed by atoms with E-state index in [1.807, 2.05) is 59.5 Å². The predicted octanol–water partition coefficient (Wildman–Crippen LogP) is 6.03. The quantitative estimate of drug-likeness (QED) is 0.351. The highest BCUT2D eigenvalue weighted by atomic mass is 32.1. The van der Waals surface area contributed by atoms with Gasteiger partial charge in [0, 0.05) is 18.9 Å². The largest absolute Gasteiger partial charge is 0.376 e. The zero-order valence-electron chi connectivity index (χ0n) is 17.9. The molecule has 4 aromatic rings. The molecule has 4 nitrogen and oxygen atoms in total. The standard InChI is InChI=1S/C27H26N2O2S/c30-26(18-23(20-10-3-1-4-11-20)21-12-5-2-6-13-21)29(19-22-14-9-17-31-22)27-28-24-15-7-8-16-25(24)32-27/h1-8,10-13,15-16,22-23H,9,14,17-19H2. The van der Waals surface area contributed by atoms with Crippen LogP contribution >= 0.6 is 11.3 Å². The lowest BCUT2D eigenvalue weighted by atomic mass is 9.88. The lowest BCUT2D eigenvalue weighted by Crippen LogP contribution is -2.38. The van der Waals surface area contributed by atoms with Crippen molar-refractivity contribution < 1.29 is 9.53 Å². The second kappa shape index (κ2) is 9.63. The van der Waals surface area contributed by atoms with Gasteiger partial charge in [0.05, 0.1) is 22.9 Å². The van der Waals surface area contributed by atoms with E-state index in [-0.39, 0.29) is 17.9 Å². The van der Waals surface area contributed by atoms with Crippen molar-refractivity contribution in [2.75, 3.05) is 18.1 Å². The number of hydrogen-bond acceptors (Lipinski definition) is 4. The minimum Gasteiger partial charge on any atom is -0.376 e. The highest BCUT2D eigenvalue weighted by Crippen LogP contribution is 2.33. The van der Waals surface area contributed by atoms with Crippen molar-refractivity contribution >= 4 is 32.6 Å². The molecule has 1 atom stereocenters. The minimum absolute atomic E-state index is 0.00808. The number of benzene rings is 3. The normalized spacial score (nSPS) is 16.0. The van der Waals surface area contributed by atoms with Crippen LogP contribution in [-0.2, 0) is 9.53 Å². The molecule has 0 bridgehead atoms. The van der Waals surface area contributed by atoms with E-state index in [0.717, 1.165) is 45.9 Å². The van der Waals surface area contributed by atoms with Crippen molar-refractivity contribution in [2.45, 2.75) is 31.3 Å². The molecule has 0 N–H and O–H groups in total. The molecule has 0 radical (unpaired) electrons. The number of fused-ring (bicyclic) bond motifs is 1. The number of para-hydroxylation sites is 1. The molecule has 32 heavy (non-hydrogen) atoms. The van der Waals surface area contributed by atoms with E-state index >= 15 is 0 Å². The van der Waals surface area contributed by atoms with Crippen molar-refractivity contribution in [2.24, 2.45) is 0 Å². The van der Waals surface area contributed by atoms with Gasteiger partial charge in [-0.25, -0.2) is 4.98 Å². The summed E-state index contributed by atoms with van der Waals surface area (Å²) in [5.41, 5.74) is 3.22. The fraction of sp³-hybridized carbons (Fsp3) is 0.259. The zero-order chi connectivity index (χ0) is 21.8. The second-order valence-electron chi connectivity index (χ2n) is 8.18. The summed E-state index contributed by atoms with van der Waals surface area (Å²) in [6.45, 7) is 1.32. The lowest BCUT2D eigenvalue weighted by Gasteiger charge is -2.26. The van der Waals surface area contributed by atoms with Crippen LogP contribution < -0.4 is 4.90 Å². The van der Waals surface area contributed by atoms with Crippen LogP contribution in [0.5, 0.6) is 0 Å². The highest BCUT2D eigenvalue weighted by Gasteiger charge is 2.28. The number of anilines is 1. The summed E-state index contributed by atoms with van der Waals surface area (Å²) in [5, 5.41) is 0.756. The summed E-state index contributed by atoms with van der Waals surface area (Å²) >= 11 is 1.57. The first-order valence-corrected chi connectivity index (χ1v) is 12.0. The number of thiazole rings is 1. The number of aromatic nitrogens is 1. The number of carbonyl (C=O) groups excluding carboxylic acids is 1. The Bertz CT molecular complexity index is 1100. The van der Waals surface area contributed by atoms with Gasteiger partial charge in [0.15, 0.2) is 5.13 Å². The molecule has 0 spiro atoms. The van der Waals surface area contributed by atoms with Crippen molar-refractivity contribution in [3.63, 3.8) is 0 Å². The Morgan fingerprint density at radius 2 is 1.62 bits per heavy atom. The smallest absolute Gasteiger partial charge is 0.229 e. The maximum Gasteiger partial charge on any atom is 0.229 e. The molecule has 5 heteroatoms. The third-order valence-electron chi connectivity index (χ3n) is 6.01. The lowest BCUT2D eigenvalue weighted by molar-refractivity contribution is -0.119. The Hall–Kier alpha value is -3.02. The van der Waals surface area contributed by atoms with Crippen LogP contribution in [0.3, 0.4) is 0 Å². The van der Waals surface area contributed by atoms with Gasteiger partial charge < -0.3 is 4.74 Å². The van der Waals surface area contributed by atoms with Gasteiger partial charge in [-0.3, -0.25) is 9.69 Å². The van der Waals surface area contributed by atoms with Gasteiger partial charge in [-0.1, -0.05) is 84.1 Å². The molecule has 0 aliphatic carbocycles. The van der Waals surface area contributed by atoms with Crippen molar-refractivity contribution in [1.29, 1.82) is 0 Å². The average molecular weight is 443 g/mol. The molecular formula is C27H26N2O2S. The van der Waals surface area contributed by atoms with Crippen molar-refractivity contribution in [1.82, 2.24) is 4.98 Å². The van der Waals surface area contributed by atoms with Crippen LogP contribution in [0.4, 0.5) is 5.13 Å². The van der Waals surface area contributed by atoms with Gasteiger partial charge in [-0.2, -0.15) is 0 Å². The van der Waals surface area contributed by atoms with Crippen LogP contribution in [0.1, 0.15) is 36.3 Å². The molecule has 5 rings (SSSR count). The van der Waals surface area contributed by atoms with Gasteiger partial charge in [0.25, 0.3) is 0 Å². The number of hydrogen-bond donors (Lipinski definition) is 0. The first-order valence-electron chi connectivity index (χ1n) is 11.2. The van der Waals surface area contributed by atoms with E-state index in [4.69, 9.17) is 9.72 Å². The van der Waals surface area contributed by atoms with Crippen LogP contribution in [-0.4, -0.2) is 30.1 Å². The molecule has 1 aliphatic heterocycles. The molecular weight excluding hydrogens is 416 g/mol. The summed E-state index contributed by atoms with van der Waals surface area (Å²) in [5.74, 6) is 0.0727. The molecule has 1 amide bonds. The number of ether oxygens (including phenoxy) is 1. The van der Waals surface area contributed by atoms with Crippen LogP contribution in [0.25, 0.3) is 10.2 Å². The Kier molecular flexibility index (Phi) is 6.28. The molecule has 162 valence electrons. The highest BCUT2D eigenvalue weighted by molar-refractivity contribution is 7.22. The van der Waals surface area contributed by atoms with Crippen LogP contribution in [0.15, 0.2) is 84.9 Å². The van der Waals surface area contributed by atoms with E-state index < -0.39 is 0 Å². The summed E-state index contributed by atoms with van der Waals surface area (Å²) in [6.07, 6.45) is 2.48. The summed E-state index contributed by atoms with van der Waals surface area (Å²) in [6, 6.07) is 28.6. The van der Waals surface area contributed by atoms with Crippen molar-refractivity contribution in [3.05, 3.63) is 96.1 Å². The Morgan fingerprint density at radius 1 is 0.969 bits per heavy atom. The molecule has 1 saturated heterocycles. The molecule has 2 heterocycles. The molecule has 1 unspecified atom stereocenters. The molecule has 3 aromatic carbocycles. The number of nitrogens with zero attached hydrogens (tertiary/aromatic N) is 2. The molecule has 0 saturated carbocycles. The van der Waals surface area contributed by atoms with E-state index in [1.165, 1.54) is 0 Å². The average Bonchev–Trinajstić information content (AvgIpc) is 3.51. The van der Waals surface area contributed by atoms with Crippen molar-refractivity contribution in [3.8, 4) is 0 Å². The first-order chi connectivity index (χ1) is 15.8. The van der Waals surface area contributed by atoms with E-state index in [2.05, 4.69) is 30.3 Å². The van der Waals surface area contributed by atoms with Gasteiger partial charge in [0.2, 0.25) is 5.91 Å². The Balaban J connectivity index is 1.47. The van der Waals surface area contributed by atoms with Gasteiger partial charge in [-0.05, 0) is 36.1 Å². The third-order valence-corrected chi connectivity index (χ3v) is 7.07. The first kappa shape index (κ1) is 20.9. The van der Waals surface area contributed by atoms with Crippen LogP contribution in [0, 0.1) is 0 Å². The maximum absolute atomic E-state index is 13.8. The monoisotopic (exact) mass is 442 g/mol. The number of carbonyl (C=O) groups is 1. The fourth-order valence-electron chi connectivity index (χ4n) is 4.34. The predicted molar refractivity (Wildman–Crippen MR) is 130 cm³/mol. The number of rotatable bonds is 7. The van der Waals surface area contributed by atoms with E-state index in [9.17, 15) is 4.79 Å².